The predicted octanol–water partition coefficient (Wildman–Crippen LogP) is 1.64. The number of rotatable bonds is 7. The van der Waals surface area contributed by atoms with Crippen LogP contribution in [-0.2, 0) is 4.79 Å². The zero-order valence-electron chi connectivity index (χ0n) is 10.3. The molecule has 1 amide bonds. The number of carbonyl (C=O) groups excluding carboxylic acids is 1. The van der Waals surface area contributed by atoms with Crippen molar-refractivity contribution in [2.45, 2.75) is 32.1 Å². The van der Waals surface area contributed by atoms with Crippen molar-refractivity contribution in [3.05, 3.63) is 0 Å². The largest absolute Gasteiger partial charge is 0.356 e. The van der Waals surface area contributed by atoms with Crippen molar-refractivity contribution in [3.63, 3.8) is 0 Å². The summed E-state index contributed by atoms with van der Waals surface area (Å²) in [5.74, 6) is 1.69. The number of carbonyl (C=O) groups is 1. The van der Waals surface area contributed by atoms with Gasteiger partial charge < -0.3 is 10.6 Å². The number of unbranched alkanes of at least 4 members (excludes halogenated alkanes) is 2. The summed E-state index contributed by atoms with van der Waals surface area (Å²) in [6.07, 6.45) is 7.92. The molecule has 3 nitrogen and oxygen atoms in total. The Morgan fingerprint density at radius 1 is 1.44 bits per heavy atom. The van der Waals surface area contributed by atoms with Gasteiger partial charge in [0.15, 0.2) is 0 Å². The number of amides is 1. The van der Waals surface area contributed by atoms with Gasteiger partial charge in [-0.05, 0) is 44.2 Å². The second-order valence-electron chi connectivity index (χ2n) is 4.39. The molecule has 1 heterocycles. The number of hydrogen-bond donors (Lipinski definition) is 2. The molecule has 0 saturated carbocycles. The fourth-order valence-electron chi connectivity index (χ4n) is 1.98. The molecule has 0 unspecified atom stereocenters. The second-order valence-corrected chi connectivity index (χ2v) is 5.37. The van der Waals surface area contributed by atoms with Crippen LogP contribution >= 0.6 is 11.8 Å². The minimum absolute atomic E-state index is 0.208. The van der Waals surface area contributed by atoms with Gasteiger partial charge in [0.1, 0.15) is 0 Å². The maximum atomic E-state index is 11.7. The van der Waals surface area contributed by atoms with E-state index in [1.165, 1.54) is 18.6 Å². The van der Waals surface area contributed by atoms with Crippen LogP contribution in [0.15, 0.2) is 0 Å². The number of nitrogens with one attached hydrogen (secondary N) is 2. The lowest BCUT2D eigenvalue weighted by atomic mass is 9.99. The first-order chi connectivity index (χ1) is 7.84. The van der Waals surface area contributed by atoms with Crippen molar-refractivity contribution in [2.24, 2.45) is 5.92 Å². The molecule has 1 rings (SSSR count). The van der Waals surface area contributed by atoms with Crippen molar-refractivity contribution in [1.29, 1.82) is 0 Å². The maximum Gasteiger partial charge on any atom is 0.224 e. The smallest absolute Gasteiger partial charge is 0.224 e. The summed E-state index contributed by atoms with van der Waals surface area (Å²) < 4.78 is 0. The molecule has 0 radical (unpaired) electrons. The molecule has 0 aromatic rings. The van der Waals surface area contributed by atoms with Gasteiger partial charge in [-0.25, -0.2) is 0 Å². The Kier molecular flexibility index (Phi) is 7.68. The summed E-state index contributed by atoms with van der Waals surface area (Å²) in [6.45, 7) is 2.78. The number of thioether (sulfide) groups is 1. The Morgan fingerprint density at radius 3 is 3.00 bits per heavy atom. The summed E-state index contributed by atoms with van der Waals surface area (Å²) in [5, 5.41) is 6.31. The molecular formula is C12H24N2OS. The first-order valence-corrected chi connectivity index (χ1v) is 7.71. The quantitative estimate of drug-likeness (QED) is 0.669. The van der Waals surface area contributed by atoms with E-state index in [-0.39, 0.29) is 11.8 Å². The summed E-state index contributed by atoms with van der Waals surface area (Å²) in [6, 6.07) is 0. The zero-order chi connectivity index (χ0) is 11.6. The summed E-state index contributed by atoms with van der Waals surface area (Å²) >= 11 is 1.89. The molecule has 0 spiro atoms. The van der Waals surface area contributed by atoms with Crippen LogP contribution in [0.5, 0.6) is 0 Å². The first kappa shape index (κ1) is 13.8. The highest BCUT2D eigenvalue weighted by Crippen LogP contribution is 2.09. The lowest BCUT2D eigenvalue weighted by molar-refractivity contribution is -0.125. The van der Waals surface area contributed by atoms with E-state index < -0.39 is 0 Å². The van der Waals surface area contributed by atoms with Gasteiger partial charge in [0, 0.05) is 13.1 Å². The van der Waals surface area contributed by atoms with Gasteiger partial charge in [0.25, 0.3) is 0 Å². The minimum atomic E-state index is 0.208. The molecule has 0 aromatic heterocycles. The zero-order valence-corrected chi connectivity index (χ0v) is 11.1. The molecule has 1 atom stereocenters. The fourth-order valence-corrected chi connectivity index (χ4v) is 2.47. The highest BCUT2D eigenvalue weighted by atomic mass is 32.2. The topological polar surface area (TPSA) is 41.1 Å². The Balaban J connectivity index is 1.97. The molecule has 1 aliphatic rings. The van der Waals surface area contributed by atoms with Crippen LogP contribution in [0.3, 0.4) is 0 Å². The van der Waals surface area contributed by atoms with Gasteiger partial charge in [-0.1, -0.05) is 6.42 Å². The van der Waals surface area contributed by atoms with Gasteiger partial charge in [0.2, 0.25) is 5.91 Å². The Bertz CT molecular complexity index is 193. The summed E-state index contributed by atoms with van der Waals surface area (Å²) in [7, 11) is 0. The lowest BCUT2D eigenvalue weighted by Crippen LogP contribution is -2.40. The Hall–Kier alpha value is -0.220. The third-order valence-electron chi connectivity index (χ3n) is 2.99. The van der Waals surface area contributed by atoms with Crippen molar-refractivity contribution in [3.8, 4) is 0 Å². The lowest BCUT2D eigenvalue weighted by Gasteiger charge is -2.21. The Morgan fingerprint density at radius 2 is 2.31 bits per heavy atom. The van der Waals surface area contributed by atoms with Crippen molar-refractivity contribution >= 4 is 17.7 Å². The highest BCUT2D eigenvalue weighted by Gasteiger charge is 2.19. The van der Waals surface area contributed by atoms with Crippen molar-refractivity contribution < 1.29 is 4.79 Å². The van der Waals surface area contributed by atoms with E-state index in [0.29, 0.717) is 0 Å². The average molecular weight is 244 g/mol. The van der Waals surface area contributed by atoms with E-state index >= 15 is 0 Å². The normalized spacial score (nSPS) is 20.7. The third kappa shape index (κ3) is 5.75. The second kappa shape index (κ2) is 8.88. The molecule has 0 bridgehead atoms. The molecule has 1 aliphatic heterocycles. The molecule has 16 heavy (non-hydrogen) atoms. The number of hydrogen-bond acceptors (Lipinski definition) is 3. The summed E-state index contributed by atoms with van der Waals surface area (Å²) in [4.78, 5) is 11.7. The van der Waals surface area contributed by atoms with Gasteiger partial charge in [-0.3, -0.25) is 4.79 Å². The van der Waals surface area contributed by atoms with Crippen LogP contribution in [-0.4, -0.2) is 37.6 Å². The third-order valence-corrected chi connectivity index (χ3v) is 3.69. The van der Waals surface area contributed by atoms with Crippen LogP contribution < -0.4 is 10.6 Å². The van der Waals surface area contributed by atoms with Gasteiger partial charge in [0.05, 0.1) is 5.92 Å². The van der Waals surface area contributed by atoms with Gasteiger partial charge >= 0.3 is 0 Å². The van der Waals surface area contributed by atoms with E-state index in [9.17, 15) is 4.79 Å². The minimum Gasteiger partial charge on any atom is -0.356 e. The van der Waals surface area contributed by atoms with E-state index in [4.69, 9.17) is 0 Å². The predicted molar refractivity (Wildman–Crippen MR) is 70.8 cm³/mol. The van der Waals surface area contributed by atoms with Gasteiger partial charge in [-0.15, -0.1) is 0 Å². The number of piperidine rings is 1. The van der Waals surface area contributed by atoms with Crippen molar-refractivity contribution in [1.82, 2.24) is 10.6 Å². The molecule has 2 N–H and O–H groups in total. The van der Waals surface area contributed by atoms with E-state index in [1.807, 2.05) is 11.8 Å². The van der Waals surface area contributed by atoms with Crippen LogP contribution in [0, 0.1) is 5.92 Å². The van der Waals surface area contributed by atoms with Gasteiger partial charge in [-0.2, -0.15) is 11.8 Å². The molecular weight excluding hydrogens is 220 g/mol. The summed E-state index contributed by atoms with van der Waals surface area (Å²) in [5.41, 5.74) is 0. The monoisotopic (exact) mass is 244 g/mol. The van der Waals surface area contributed by atoms with E-state index in [1.54, 1.807) is 0 Å². The van der Waals surface area contributed by atoms with Crippen LogP contribution in [0.2, 0.25) is 0 Å². The molecule has 94 valence electrons. The van der Waals surface area contributed by atoms with Crippen LogP contribution in [0.25, 0.3) is 0 Å². The van der Waals surface area contributed by atoms with Crippen LogP contribution in [0.4, 0.5) is 0 Å². The molecule has 0 aromatic carbocycles. The fraction of sp³-hybridized carbons (Fsp3) is 0.917. The molecule has 0 aliphatic carbocycles. The van der Waals surface area contributed by atoms with E-state index in [2.05, 4.69) is 16.9 Å². The standard InChI is InChI=1S/C12H24N2OS/c1-16-9-4-2-3-8-14-12(15)11-6-5-7-13-10-11/h11,13H,2-10H2,1H3,(H,14,15)/t11-/m0/s1. The SMILES string of the molecule is CSCCCCCNC(=O)[C@H]1CCCNC1. The highest BCUT2D eigenvalue weighted by molar-refractivity contribution is 7.98. The maximum absolute atomic E-state index is 11.7. The first-order valence-electron chi connectivity index (χ1n) is 6.32. The molecule has 1 saturated heterocycles. The Labute approximate surface area is 103 Å². The van der Waals surface area contributed by atoms with Crippen LogP contribution in [0.1, 0.15) is 32.1 Å². The van der Waals surface area contributed by atoms with Crippen molar-refractivity contribution in [2.75, 3.05) is 31.6 Å². The average Bonchev–Trinajstić information content (AvgIpc) is 2.34. The molecule has 4 heteroatoms. The molecule has 1 fully saturated rings. The van der Waals surface area contributed by atoms with E-state index in [0.717, 1.165) is 38.9 Å².